The molecule has 0 saturated carbocycles. The van der Waals surface area contributed by atoms with E-state index in [1.807, 2.05) is 42.2 Å². The molecular formula is C14H20N2O3. The maximum atomic E-state index is 11.8. The Hall–Kier alpha value is -1.88. The lowest BCUT2D eigenvalue weighted by Gasteiger charge is -2.21. The average molecular weight is 264 g/mol. The van der Waals surface area contributed by atoms with E-state index >= 15 is 0 Å². The van der Waals surface area contributed by atoms with Gasteiger partial charge in [-0.05, 0) is 18.7 Å². The van der Waals surface area contributed by atoms with Crippen LogP contribution in [0.1, 0.15) is 13.8 Å². The minimum atomic E-state index is -0.845. The van der Waals surface area contributed by atoms with E-state index in [1.165, 1.54) is 0 Å². The molecule has 0 radical (unpaired) electrons. The van der Waals surface area contributed by atoms with E-state index in [0.29, 0.717) is 13.1 Å². The molecule has 0 fully saturated rings. The third-order valence-electron chi connectivity index (χ3n) is 2.83. The van der Waals surface area contributed by atoms with Gasteiger partial charge in [0, 0.05) is 12.2 Å². The van der Waals surface area contributed by atoms with Crippen LogP contribution in [0.25, 0.3) is 0 Å². The highest BCUT2D eigenvalue weighted by atomic mass is 16.4. The van der Waals surface area contributed by atoms with Gasteiger partial charge in [-0.2, -0.15) is 0 Å². The zero-order valence-electron chi connectivity index (χ0n) is 11.3. The van der Waals surface area contributed by atoms with Crippen molar-refractivity contribution >= 4 is 17.6 Å². The number of carboxylic acid groups (broad SMARTS) is 1. The molecule has 1 amide bonds. The van der Waals surface area contributed by atoms with Crippen LogP contribution in [0.5, 0.6) is 0 Å². The minimum Gasteiger partial charge on any atom is -0.481 e. The van der Waals surface area contributed by atoms with Crippen LogP contribution in [0.3, 0.4) is 0 Å². The topological polar surface area (TPSA) is 69.6 Å². The number of likely N-dealkylation sites (N-methyl/N-ethyl adjacent to an activating group) is 1. The first-order valence-corrected chi connectivity index (χ1v) is 6.33. The highest BCUT2D eigenvalue weighted by Gasteiger charge is 2.17. The molecule has 104 valence electrons. The summed E-state index contributed by atoms with van der Waals surface area (Å²) in [5.41, 5.74) is 0.745. The van der Waals surface area contributed by atoms with Crippen molar-refractivity contribution in [2.24, 2.45) is 5.92 Å². The number of nitrogens with zero attached hydrogens (tertiary/aromatic N) is 1. The molecule has 19 heavy (non-hydrogen) atoms. The highest BCUT2D eigenvalue weighted by Crippen LogP contribution is 2.06. The molecule has 1 aromatic carbocycles. The molecule has 0 aromatic heterocycles. The summed E-state index contributed by atoms with van der Waals surface area (Å²) in [6.45, 7) is 4.75. The van der Waals surface area contributed by atoms with Crippen molar-refractivity contribution in [2.75, 3.05) is 25.0 Å². The van der Waals surface area contributed by atoms with Crippen LogP contribution in [-0.4, -0.2) is 41.5 Å². The van der Waals surface area contributed by atoms with Gasteiger partial charge in [-0.25, -0.2) is 0 Å². The molecule has 0 aliphatic rings. The number of para-hydroxylation sites is 1. The van der Waals surface area contributed by atoms with E-state index < -0.39 is 11.9 Å². The molecule has 0 bridgehead atoms. The van der Waals surface area contributed by atoms with E-state index in [1.54, 1.807) is 6.92 Å². The fraction of sp³-hybridized carbons (Fsp3) is 0.429. The predicted molar refractivity (Wildman–Crippen MR) is 74.0 cm³/mol. The molecule has 5 nitrogen and oxygen atoms in total. The number of rotatable bonds is 7. The van der Waals surface area contributed by atoms with Crippen LogP contribution in [-0.2, 0) is 9.59 Å². The van der Waals surface area contributed by atoms with Gasteiger partial charge in [-0.1, -0.05) is 32.0 Å². The number of hydrogen-bond donors (Lipinski definition) is 2. The Morgan fingerprint density at radius 1 is 1.32 bits per heavy atom. The number of anilines is 1. The summed E-state index contributed by atoms with van der Waals surface area (Å²) < 4.78 is 0. The summed E-state index contributed by atoms with van der Waals surface area (Å²) >= 11 is 0. The number of hydrogen-bond acceptors (Lipinski definition) is 3. The van der Waals surface area contributed by atoms with Crippen molar-refractivity contribution in [1.29, 1.82) is 0 Å². The molecule has 0 saturated heterocycles. The molecule has 5 heteroatoms. The normalized spacial score (nSPS) is 12.2. The third kappa shape index (κ3) is 5.52. The third-order valence-corrected chi connectivity index (χ3v) is 2.83. The van der Waals surface area contributed by atoms with E-state index in [0.717, 1.165) is 5.69 Å². The fourth-order valence-electron chi connectivity index (χ4n) is 1.70. The molecule has 1 atom stereocenters. The second-order valence-corrected chi connectivity index (χ2v) is 4.48. The van der Waals surface area contributed by atoms with E-state index in [4.69, 9.17) is 5.11 Å². The van der Waals surface area contributed by atoms with Gasteiger partial charge >= 0.3 is 5.97 Å². The van der Waals surface area contributed by atoms with Gasteiger partial charge in [0.1, 0.15) is 0 Å². The van der Waals surface area contributed by atoms with E-state index in [-0.39, 0.29) is 12.5 Å². The van der Waals surface area contributed by atoms with Gasteiger partial charge in [0.05, 0.1) is 12.5 Å². The van der Waals surface area contributed by atoms with Gasteiger partial charge in [-0.3, -0.25) is 14.5 Å². The Bertz CT molecular complexity index is 420. The quantitative estimate of drug-likeness (QED) is 0.786. The monoisotopic (exact) mass is 264 g/mol. The molecule has 0 heterocycles. The summed E-state index contributed by atoms with van der Waals surface area (Å²) in [6.07, 6.45) is 0. The number of carboxylic acids is 1. The molecular weight excluding hydrogens is 244 g/mol. The van der Waals surface area contributed by atoms with Crippen molar-refractivity contribution in [3.05, 3.63) is 30.3 Å². The van der Waals surface area contributed by atoms with Crippen molar-refractivity contribution in [3.8, 4) is 0 Å². The van der Waals surface area contributed by atoms with Crippen LogP contribution in [0.4, 0.5) is 5.69 Å². The van der Waals surface area contributed by atoms with Crippen molar-refractivity contribution in [1.82, 2.24) is 4.90 Å². The average Bonchev–Trinajstić information content (AvgIpc) is 2.38. The second kappa shape index (κ2) is 7.53. The maximum absolute atomic E-state index is 11.8. The van der Waals surface area contributed by atoms with Crippen molar-refractivity contribution < 1.29 is 14.7 Å². The Morgan fingerprint density at radius 2 is 1.95 bits per heavy atom. The summed E-state index contributed by atoms with van der Waals surface area (Å²) in [6, 6.07) is 9.20. The fourth-order valence-corrected chi connectivity index (χ4v) is 1.70. The molecule has 0 spiro atoms. The van der Waals surface area contributed by atoms with Gasteiger partial charge in [0.15, 0.2) is 0 Å². The minimum absolute atomic E-state index is 0.134. The number of nitrogens with one attached hydrogen (secondary N) is 1. The molecule has 1 rings (SSSR count). The van der Waals surface area contributed by atoms with Gasteiger partial charge in [0.2, 0.25) is 5.91 Å². The number of carbonyl (C=O) groups excluding carboxylic acids is 1. The molecule has 2 N–H and O–H groups in total. The molecule has 0 aliphatic heterocycles. The molecule has 0 aliphatic carbocycles. The Kier molecular flexibility index (Phi) is 6.02. The lowest BCUT2D eigenvalue weighted by Crippen LogP contribution is -2.37. The number of amides is 1. The zero-order chi connectivity index (χ0) is 14.3. The maximum Gasteiger partial charge on any atom is 0.307 e. The molecule has 1 aromatic rings. The SMILES string of the molecule is CCN(CC(=O)Nc1ccccc1)CC(C)C(=O)O. The van der Waals surface area contributed by atoms with E-state index in [9.17, 15) is 9.59 Å². The Balaban J connectivity index is 2.47. The lowest BCUT2D eigenvalue weighted by molar-refractivity contribution is -0.142. The van der Waals surface area contributed by atoms with E-state index in [2.05, 4.69) is 5.32 Å². The van der Waals surface area contributed by atoms with Gasteiger partial charge < -0.3 is 10.4 Å². The number of carbonyl (C=O) groups is 2. The summed E-state index contributed by atoms with van der Waals surface area (Å²) in [5.74, 6) is -1.46. The summed E-state index contributed by atoms with van der Waals surface area (Å²) in [7, 11) is 0. The van der Waals surface area contributed by atoms with Gasteiger partial charge in [-0.15, -0.1) is 0 Å². The first kappa shape index (κ1) is 15.2. The second-order valence-electron chi connectivity index (χ2n) is 4.48. The standard InChI is InChI=1S/C14H20N2O3/c1-3-16(9-11(2)14(18)19)10-13(17)15-12-7-5-4-6-8-12/h4-8,11H,3,9-10H2,1-2H3,(H,15,17)(H,18,19). The summed E-state index contributed by atoms with van der Waals surface area (Å²) in [4.78, 5) is 24.4. The van der Waals surface area contributed by atoms with Crippen LogP contribution < -0.4 is 5.32 Å². The van der Waals surface area contributed by atoms with Crippen LogP contribution in [0, 0.1) is 5.92 Å². The van der Waals surface area contributed by atoms with Crippen molar-refractivity contribution in [3.63, 3.8) is 0 Å². The first-order valence-electron chi connectivity index (χ1n) is 6.33. The largest absolute Gasteiger partial charge is 0.481 e. The summed E-state index contributed by atoms with van der Waals surface area (Å²) in [5, 5.41) is 11.6. The Morgan fingerprint density at radius 3 is 2.47 bits per heavy atom. The highest BCUT2D eigenvalue weighted by molar-refractivity contribution is 5.92. The van der Waals surface area contributed by atoms with Crippen molar-refractivity contribution in [2.45, 2.75) is 13.8 Å². The zero-order valence-corrected chi connectivity index (χ0v) is 11.3. The number of benzene rings is 1. The molecule has 1 unspecified atom stereocenters. The number of aliphatic carboxylic acids is 1. The smallest absolute Gasteiger partial charge is 0.307 e. The van der Waals surface area contributed by atoms with Crippen LogP contribution in [0.2, 0.25) is 0 Å². The lowest BCUT2D eigenvalue weighted by atomic mass is 10.1. The van der Waals surface area contributed by atoms with Crippen LogP contribution in [0.15, 0.2) is 30.3 Å². The Labute approximate surface area is 113 Å². The van der Waals surface area contributed by atoms with Gasteiger partial charge in [0.25, 0.3) is 0 Å². The predicted octanol–water partition coefficient (Wildman–Crippen LogP) is 1.67. The van der Waals surface area contributed by atoms with Crippen LogP contribution >= 0.6 is 0 Å². The first-order chi connectivity index (χ1) is 9.02.